The number of nitrogens with one attached hydrogen (secondary N) is 1. The van der Waals surface area contributed by atoms with Gasteiger partial charge in [0.1, 0.15) is 0 Å². The predicted molar refractivity (Wildman–Crippen MR) is 87.5 cm³/mol. The summed E-state index contributed by atoms with van der Waals surface area (Å²) in [4.78, 5) is 6.14. The van der Waals surface area contributed by atoms with Crippen molar-refractivity contribution in [3.05, 3.63) is 23.0 Å². The summed E-state index contributed by atoms with van der Waals surface area (Å²) in [5, 5.41) is 3.80. The van der Waals surface area contributed by atoms with Crippen LogP contribution in [0.4, 0.5) is 0 Å². The highest BCUT2D eigenvalue weighted by atomic mass is 127. The van der Waals surface area contributed by atoms with Crippen LogP contribution < -0.4 is 5.32 Å². The zero-order valence-electron chi connectivity index (χ0n) is 10.8. The van der Waals surface area contributed by atoms with Crippen LogP contribution in [0.1, 0.15) is 5.69 Å². The molecule has 0 spiro atoms. The van der Waals surface area contributed by atoms with Gasteiger partial charge in [0.2, 0.25) is 0 Å². The van der Waals surface area contributed by atoms with Crippen LogP contribution in [-0.2, 0) is 13.6 Å². The number of aryl methyl sites for hydroxylation is 1. The van der Waals surface area contributed by atoms with Crippen molar-refractivity contribution in [1.29, 1.82) is 0 Å². The molecule has 0 amide bonds. The van der Waals surface area contributed by atoms with E-state index in [1.807, 2.05) is 35.8 Å². The monoisotopic (exact) mass is 380 g/mol. The quantitative estimate of drug-likeness (QED) is 0.376. The molecule has 6 heteroatoms. The summed E-state index contributed by atoms with van der Waals surface area (Å²) in [6.07, 6.45) is 7.08. The van der Waals surface area contributed by atoms with E-state index in [2.05, 4.69) is 16.2 Å². The first-order valence-electron chi connectivity index (χ1n) is 5.24. The fraction of sp³-hybridized carbons (Fsp3) is 0.417. The fourth-order valence-electron chi connectivity index (χ4n) is 1.56. The molecular formula is C12H18ClIN4. The van der Waals surface area contributed by atoms with Gasteiger partial charge in [0.25, 0.3) is 0 Å². The molecular weight excluding hydrogens is 363 g/mol. The smallest absolute Gasteiger partial charge is 0.194 e. The van der Waals surface area contributed by atoms with E-state index in [0.29, 0.717) is 13.1 Å². The Balaban J connectivity index is 0.00000289. The van der Waals surface area contributed by atoms with E-state index in [-0.39, 0.29) is 24.0 Å². The van der Waals surface area contributed by atoms with Crippen molar-refractivity contribution in [1.82, 2.24) is 14.8 Å². The summed E-state index contributed by atoms with van der Waals surface area (Å²) in [6, 6.07) is 1.94. The Bertz CT molecular complexity index is 447. The van der Waals surface area contributed by atoms with Gasteiger partial charge in [0.05, 0.1) is 18.1 Å². The molecule has 1 heterocycles. The molecule has 4 nitrogen and oxygen atoms in total. The van der Waals surface area contributed by atoms with Gasteiger partial charge in [-0.05, 0) is 6.07 Å². The molecule has 0 unspecified atom stereocenters. The van der Waals surface area contributed by atoms with Gasteiger partial charge in [-0.15, -0.1) is 30.4 Å². The van der Waals surface area contributed by atoms with Gasteiger partial charge in [-0.2, -0.15) is 0 Å². The lowest BCUT2D eigenvalue weighted by atomic mass is 10.4. The van der Waals surface area contributed by atoms with Crippen LogP contribution in [0.2, 0.25) is 5.02 Å². The third-order valence-corrected chi connectivity index (χ3v) is 2.60. The van der Waals surface area contributed by atoms with Gasteiger partial charge in [-0.3, -0.25) is 4.99 Å². The van der Waals surface area contributed by atoms with Crippen LogP contribution in [0.5, 0.6) is 0 Å². The van der Waals surface area contributed by atoms with E-state index >= 15 is 0 Å². The highest BCUT2D eigenvalue weighted by molar-refractivity contribution is 14.0. The van der Waals surface area contributed by atoms with Gasteiger partial charge >= 0.3 is 0 Å². The molecule has 0 saturated heterocycles. The van der Waals surface area contributed by atoms with Crippen molar-refractivity contribution in [3.8, 4) is 12.3 Å². The lowest BCUT2D eigenvalue weighted by Crippen LogP contribution is -2.38. The predicted octanol–water partition coefficient (Wildman–Crippen LogP) is 1.94. The number of hydrogen-bond donors (Lipinski definition) is 1. The molecule has 0 fully saturated rings. The summed E-state index contributed by atoms with van der Waals surface area (Å²) in [5.41, 5.74) is 1.11. The van der Waals surface area contributed by atoms with Gasteiger partial charge in [0, 0.05) is 33.0 Å². The minimum Gasteiger partial charge on any atom is -0.351 e. The van der Waals surface area contributed by atoms with E-state index in [1.54, 1.807) is 7.05 Å². The van der Waals surface area contributed by atoms with Crippen LogP contribution in [0, 0.1) is 12.3 Å². The third-order valence-electron chi connectivity index (χ3n) is 2.40. The van der Waals surface area contributed by atoms with Crippen LogP contribution in [0.25, 0.3) is 0 Å². The van der Waals surface area contributed by atoms with E-state index in [1.165, 1.54) is 0 Å². The van der Waals surface area contributed by atoms with Crippen LogP contribution in [-0.4, -0.2) is 36.1 Å². The number of nitrogens with zero attached hydrogens (tertiary/aromatic N) is 3. The fourth-order valence-corrected chi connectivity index (χ4v) is 1.83. The number of guanidine groups is 1. The van der Waals surface area contributed by atoms with E-state index in [0.717, 1.165) is 16.7 Å². The number of rotatable bonds is 3. The van der Waals surface area contributed by atoms with E-state index in [4.69, 9.17) is 18.0 Å². The second-order valence-electron chi connectivity index (χ2n) is 3.72. The zero-order valence-corrected chi connectivity index (χ0v) is 13.9. The molecule has 0 atom stereocenters. The summed E-state index contributed by atoms with van der Waals surface area (Å²) in [7, 11) is 5.65. The first kappa shape index (κ1) is 17.1. The van der Waals surface area contributed by atoms with Crippen molar-refractivity contribution < 1.29 is 0 Å². The minimum absolute atomic E-state index is 0. The maximum absolute atomic E-state index is 5.93. The number of aromatic nitrogens is 1. The molecule has 0 aliphatic heterocycles. The number of aliphatic imine (C=N–C) groups is 1. The zero-order chi connectivity index (χ0) is 12.8. The summed E-state index contributed by atoms with van der Waals surface area (Å²) in [5.74, 6) is 3.29. The lowest BCUT2D eigenvalue weighted by molar-refractivity contribution is 0.465. The largest absolute Gasteiger partial charge is 0.351 e. The Morgan fingerprint density at radius 1 is 1.67 bits per heavy atom. The average Bonchev–Trinajstić information content (AvgIpc) is 2.58. The standard InChI is InChI=1S/C12H17ClN4.HI/c1-5-6-15-12(14-2)17(4)9-11-7-10(13)8-16(11)3;/h1,7-8H,6,9H2,2-4H3,(H,14,15);1H. The summed E-state index contributed by atoms with van der Waals surface area (Å²) in [6.45, 7) is 1.18. The van der Waals surface area contributed by atoms with Gasteiger partial charge in [0.15, 0.2) is 5.96 Å². The molecule has 1 aromatic rings. The van der Waals surface area contributed by atoms with Gasteiger partial charge < -0.3 is 14.8 Å². The molecule has 0 aromatic carbocycles. The summed E-state index contributed by atoms with van der Waals surface area (Å²) < 4.78 is 1.99. The topological polar surface area (TPSA) is 32.6 Å². The Kier molecular flexibility index (Phi) is 7.87. The lowest BCUT2D eigenvalue weighted by Gasteiger charge is -2.21. The molecule has 1 rings (SSSR count). The first-order valence-corrected chi connectivity index (χ1v) is 5.62. The van der Waals surface area contributed by atoms with Crippen LogP contribution >= 0.6 is 35.6 Å². The minimum atomic E-state index is 0. The highest BCUT2D eigenvalue weighted by Crippen LogP contribution is 2.13. The summed E-state index contributed by atoms with van der Waals surface area (Å²) >= 11 is 5.93. The Hall–Kier alpha value is -0.870. The van der Waals surface area contributed by atoms with Crippen molar-refractivity contribution in [2.75, 3.05) is 20.6 Å². The molecule has 1 aromatic heterocycles. The van der Waals surface area contributed by atoms with E-state index in [9.17, 15) is 0 Å². The molecule has 0 saturated carbocycles. The van der Waals surface area contributed by atoms with Crippen molar-refractivity contribution in [2.45, 2.75) is 6.54 Å². The van der Waals surface area contributed by atoms with Crippen molar-refractivity contribution >= 4 is 41.5 Å². The number of hydrogen-bond acceptors (Lipinski definition) is 1. The highest BCUT2D eigenvalue weighted by Gasteiger charge is 2.08. The average molecular weight is 381 g/mol. The Labute approximate surface area is 130 Å². The maximum Gasteiger partial charge on any atom is 0.194 e. The molecule has 100 valence electrons. The SMILES string of the molecule is C#CCNC(=NC)N(C)Cc1cc(Cl)cn1C.I. The normalized spacial score (nSPS) is 10.5. The Morgan fingerprint density at radius 3 is 2.78 bits per heavy atom. The van der Waals surface area contributed by atoms with Crippen molar-refractivity contribution in [3.63, 3.8) is 0 Å². The van der Waals surface area contributed by atoms with Crippen LogP contribution in [0.15, 0.2) is 17.3 Å². The van der Waals surface area contributed by atoms with Gasteiger partial charge in [-0.25, -0.2) is 0 Å². The van der Waals surface area contributed by atoms with E-state index < -0.39 is 0 Å². The van der Waals surface area contributed by atoms with Crippen molar-refractivity contribution in [2.24, 2.45) is 12.0 Å². The number of terminal acetylenes is 1. The molecule has 0 radical (unpaired) electrons. The third kappa shape index (κ3) is 4.78. The molecule has 0 aliphatic rings. The van der Waals surface area contributed by atoms with Gasteiger partial charge in [-0.1, -0.05) is 17.5 Å². The molecule has 0 aliphatic carbocycles. The second-order valence-corrected chi connectivity index (χ2v) is 4.16. The first-order chi connectivity index (χ1) is 8.08. The van der Waals surface area contributed by atoms with Crippen LogP contribution in [0.3, 0.4) is 0 Å². The maximum atomic E-state index is 5.93. The molecule has 18 heavy (non-hydrogen) atoms. The number of halogens is 2. The second kappa shape index (κ2) is 8.27. The molecule has 1 N–H and O–H groups in total. The Morgan fingerprint density at radius 2 is 2.33 bits per heavy atom. The molecule has 0 bridgehead atoms.